The molecule has 1 aliphatic rings. The number of rotatable bonds is 3. The summed E-state index contributed by atoms with van der Waals surface area (Å²) in [5.41, 5.74) is -0.271. The molecule has 0 aromatic carbocycles. The highest BCUT2D eigenvalue weighted by molar-refractivity contribution is 5.11. The Balaban J connectivity index is 2.45. The predicted octanol–water partition coefficient (Wildman–Crippen LogP) is -0.395. The third kappa shape index (κ3) is 1.91. The fourth-order valence-corrected chi connectivity index (χ4v) is 2.09. The maximum Gasteiger partial charge on any atom is 0.218 e. The zero-order valence-corrected chi connectivity index (χ0v) is 10.2. The van der Waals surface area contributed by atoms with Crippen molar-refractivity contribution in [2.24, 2.45) is 0 Å². The highest BCUT2D eigenvalue weighted by Gasteiger charge is 2.50. The van der Waals surface area contributed by atoms with Crippen LogP contribution < -0.4 is 0 Å². The highest BCUT2D eigenvalue weighted by atomic mass is 16.7. The van der Waals surface area contributed by atoms with Crippen molar-refractivity contribution in [2.75, 3.05) is 34.4 Å². The van der Waals surface area contributed by atoms with Crippen LogP contribution in [0.4, 0.5) is 0 Å². The maximum absolute atomic E-state index is 5.63. The first-order valence-corrected chi connectivity index (χ1v) is 5.31. The van der Waals surface area contributed by atoms with Crippen molar-refractivity contribution in [1.82, 2.24) is 20.3 Å². The van der Waals surface area contributed by atoms with E-state index in [-0.39, 0.29) is 0 Å². The van der Waals surface area contributed by atoms with Gasteiger partial charge in [-0.15, -0.1) is 10.2 Å². The Kier molecular flexibility index (Phi) is 3.63. The van der Waals surface area contributed by atoms with Crippen LogP contribution in [0.2, 0.25) is 0 Å². The molecule has 1 aliphatic heterocycles. The number of hydrogen-bond donors (Lipinski definition) is 0. The van der Waals surface area contributed by atoms with E-state index in [9.17, 15) is 0 Å². The molecule has 2 unspecified atom stereocenters. The molecule has 1 aromatic rings. The number of ether oxygens (including phenoxy) is 3. The number of methoxy groups -OCH3 is 2. The van der Waals surface area contributed by atoms with Gasteiger partial charge in [0.25, 0.3) is 0 Å². The van der Waals surface area contributed by atoms with E-state index in [1.165, 1.54) is 0 Å². The van der Waals surface area contributed by atoms with Crippen LogP contribution in [-0.2, 0) is 19.9 Å². The Hall–Kier alpha value is -1.15. The number of hydrogen-bond acceptors (Lipinski definition) is 7. The molecular formula is C10H16N4O3. The molecule has 2 rings (SSSR count). The molecule has 1 aromatic heterocycles. The minimum absolute atomic E-state index is 0.553. The second-order valence-electron chi connectivity index (χ2n) is 3.77. The monoisotopic (exact) mass is 240 g/mol. The summed E-state index contributed by atoms with van der Waals surface area (Å²) >= 11 is 0. The normalized spacial score (nSPS) is 30.4. The van der Waals surface area contributed by atoms with Gasteiger partial charge in [-0.2, -0.15) is 0 Å². The summed E-state index contributed by atoms with van der Waals surface area (Å²) in [5, 5.41) is 11.3. The van der Waals surface area contributed by atoms with Gasteiger partial charge >= 0.3 is 0 Å². The SMILES string of the molecule is COC1OCCN(C)C1(OC)c1ccnnn1. The van der Waals surface area contributed by atoms with Crippen LogP contribution in [0.5, 0.6) is 0 Å². The van der Waals surface area contributed by atoms with Crippen LogP contribution in [-0.4, -0.2) is 61.0 Å². The molecule has 0 spiro atoms. The second-order valence-corrected chi connectivity index (χ2v) is 3.77. The molecule has 2 heterocycles. The highest BCUT2D eigenvalue weighted by Crippen LogP contribution is 2.35. The van der Waals surface area contributed by atoms with E-state index in [4.69, 9.17) is 14.2 Å². The number of nitrogens with zero attached hydrogens (tertiary/aromatic N) is 4. The lowest BCUT2D eigenvalue weighted by Gasteiger charge is -2.46. The van der Waals surface area contributed by atoms with Crippen molar-refractivity contribution in [3.05, 3.63) is 18.0 Å². The Labute approximate surface area is 99.7 Å². The molecule has 0 aliphatic carbocycles. The quantitative estimate of drug-likeness (QED) is 0.712. The molecule has 0 bridgehead atoms. The lowest BCUT2D eigenvalue weighted by Crippen LogP contribution is -2.60. The van der Waals surface area contributed by atoms with Crippen molar-refractivity contribution in [3.8, 4) is 0 Å². The summed E-state index contributed by atoms with van der Waals surface area (Å²) in [7, 11) is 5.10. The summed E-state index contributed by atoms with van der Waals surface area (Å²) in [6.07, 6.45) is 1.01. The molecule has 0 saturated carbocycles. The average molecular weight is 240 g/mol. The van der Waals surface area contributed by atoms with Gasteiger partial charge in [-0.1, -0.05) is 0 Å². The first kappa shape index (κ1) is 12.3. The van der Waals surface area contributed by atoms with Gasteiger partial charge < -0.3 is 14.2 Å². The lowest BCUT2D eigenvalue weighted by molar-refractivity contribution is -0.323. The smallest absolute Gasteiger partial charge is 0.218 e. The Bertz CT molecular complexity index is 364. The van der Waals surface area contributed by atoms with E-state index in [2.05, 4.69) is 15.4 Å². The summed E-state index contributed by atoms with van der Waals surface area (Å²) in [5.74, 6) is 0. The van der Waals surface area contributed by atoms with Gasteiger partial charge in [0.1, 0.15) is 5.69 Å². The third-order valence-electron chi connectivity index (χ3n) is 2.98. The van der Waals surface area contributed by atoms with Gasteiger partial charge in [0.15, 0.2) is 0 Å². The van der Waals surface area contributed by atoms with Gasteiger partial charge in [0.05, 0.1) is 12.8 Å². The van der Waals surface area contributed by atoms with Gasteiger partial charge in [0, 0.05) is 20.8 Å². The summed E-state index contributed by atoms with van der Waals surface area (Å²) in [6.45, 7) is 1.30. The average Bonchev–Trinajstić information content (AvgIpc) is 2.39. The zero-order chi connectivity index (χ0) is 12.3. The summed E-state index contributed by atoms with van der Waals surface area (Å²) < 4.78 is 16.6. The molecule has 0 radical (unpaired) electrons. The van der Waals surface area contributed by atoms with Gasteiger partial charge in [0.2, 0.25) is 12.0 Å². The largest absolute Gasteiger partial charge is 0.353 e. The molecule has 94 valence electrons. The standard InChI is InChI=1S/C10H16N4O3/c1-14-6-7-17-9(15-2)10(14,16-3)8-4-5-11-13-12-8/h4-5,9H,6-7H2,1-3H3. The molecule has 1 saturated heterocycles. The Morgan fingerprint density at radius 2 is 2.35 bits per heavy atom. The van der Waals surface area contributed by atoms with E-state index in [0.717, 1.165) is 6.54 Å². The maximum atomic E-state index is 5.63. The molecule has 0 amide bonds. The van der Waals surface area contributed by atoms with Crippen molar-refractivity contribution in [2.45, 2.75) is 12.0 Å². The molecule has 7 heteroatoms. The van der Waals surface area contributed by atoms with Crippen molar-refractivity contribution >= 4 is 0 Å². The van der Waals surface area contributed by atoms with Gasteiger partial charge in [-0.05, 0) is 18.3 Å². The molecule has 7 nitrogen and oxygen atoms in total. The Morgan fingerprint density at radius 3 is 2.94 bits per heavy atom. The van der Waals surface area contributed by atoms with Crippen molar-refractivity contribution in [1.29, 1.82) is 0 Å². The topological polar surface area (TPSA) is 69.6 Å². The van der Waals surface area contributed by atoms with Crippen LogP contribution >= 0.6 is 0 Å². The van der Waals surface area contributed by atoms with Crippen LogP contribution in [0, 0.1) is 0 Å². The minimum atomic E-state index is -0.886. The van der Waals surface area contributed by atoms with E-state index in [0.29, 0.717) is 12.3 Å². The number of morpholine rings is 1. The third-order valence-corrected chi connectivity index (χ3v) is 2.98. The van der Waals surface area contributed by atoms with E-state index in [1.54, 1.807) is 26.5 Å². The zero-order valence-electron chi connectivity index (χ0n) is 10.2. The molecular weight excluding hydrogens is 224 g/mol. The number of aromatic nitrogens is 3. The van der Waals surface area contributed by atoms with E-state index >= 15 is 0 Å². The first-order chi connectivity index (χ1) is 8.25. The second kappa shape index (κ2) is 5.01. The predicted molar refractivity (Wildman–Crippen MR) is 57.9 cm³/mol. The summed E-state index contributed by atoms with van der Waals surface area (Å²) in [4.78, 5) is 1.99. The molecule has 1 fully saturated rings. The van der Waals surface area contributed by atoms with Gasteiger partial charge in [-0.25, -0.2) is 0 Å². The van der Waals surface area contributed by atoms with E-state index < -0.39 is 12.0 Å². The van der Waals surface area contributed by atoms with Crippen LogP contribution in [0.25, 0.3) is 0 Å². The van der Waals surface area contributed by atoms with Crippen LogP contribution in [0.3, 0.4) is 0 Å². The number of likely N-dealkylation sites (N-methyl/N-ethyl adjacent to an activating group) is 1. The minimum Gasteiger partial charge on any atom is -0.353 e. The van der Waals surface area contributed by atoms with E-state index in [1.807, 2.05) is 11.9 Å². The molecule has 17 heavy (non-hydrogen) atoms. The fourth-order valence-electron chi connectivity index (χ4n) is 2.09. The molecule has 2 atom stereocenters. The molecule has 0 N–H and O–H groups in total. The van der Waals surface area contributed by atoms with Crippen molar-refractivity contribution in [3.63, 3.8) is 0 Å². The summed E-state index contributed by atoms with van der Waals surface area (Å²) in [6, 6.07) is 1.74. The van der Waals surface area contributed by atoms with Crippen LogP contribution in [0.15, 0.2) is 12.3 Å². The fraction of sp³-hybridized carbons (Fsp3) is 0.700. The Morgan fingerprint density at radius 1 is 1.53 bits per heavy atom. The van der Waals surface area contributed by atoms with Gasteiger partial charge in [-0.3, -0.25) is 4.90 Å². The lowest BCUT2D eigenvalue weighted by atomic mass is 10.1. The van der Waals surface area contributed by atoms with Crippen molar-refractivity contribution < 1.29 is 14.2 Å². The first-order valence-electron chi connectivity index (χ1n) is 5.31. The van der Waals surface area contributed by atoms with Crippen LogP contribution in [0.1, 0.15) is 5.69 Å².